The predicted octanol–water partition coefficient (Wildman–Crippen LogP) is 5.43. The minimum atomic E-state index is 0.254. The van der Waals surface area contributed by atoms with Gasteiger partial charge in [0.15, 0.2) is 5.65 Å². The van der Waals surface area contributed by atoms with Crippen molar-refractivity contribution in [2.45, 2.75) is 52.1 Å². The number of rotatable bonds is 9. The number of aromatic nitrogens is 5. The van der Waals surface area contributed by atoms with E-state index in [2.05, 4.69) is 45.4 Å². The molecule has 1 fully saturated rings. The highest BCUT2D eigenvalue weighted by atomic mass is 35.5. The smallest absolute Gasteiger partial charge is 0.225 e. The Labute approximate surface area is 238 Å². The number of methoxy groups -OCH3 is 1. The third-order valence-electron chi connectivity index (χ3n) is 7.12. The van der Waals surface area contributed by atoms with Crippen molar-refractivity contribution in [2.75, 3.05) is 37.0 Å². The number of benzene rings is 1. The monoisotopic (exact) mass is 568 g/mol. The molecule has 5 rings (SSSR count). The molecule has 1 unspecified atom stereocenters. The Morgan fingerprint density at radius 3 is 2.41 bits per heavy atom. The molecular formula is C28H34Cl2N8O. The van der Waals surface area contributed by atoms with Crippen LogP contribution in [-0.4, -0.2) is 63.4 Å². The number of halogens is 2. The zero-order chi connectivity index (χ0) is 27.5. The molecule has 9 nitrogen and oxygen atoms in total. The molecule has 1 aromatic carbocycles. The highest BCUT2D eigenvalue weighted by Gasteiger charge is 2.24. The van der Waals surface area contributed by atoms with Crippen LogP contribution in [0.2, 0.25) is 10.0 Å². The largest absolute Gasteiger partial charge is 0.497 e. The number of ether oxygens (including phenoxy) is 1. The third-order valence-corrected chi connectivity index (χ3v) is 7.72. The van der Waals surface area contributed by atoms with Crippen molar-refractivity contribution in [1.29, 1.82) is 0 Å². The summed E-state index contributed by atoms with van der Waals surface area (Å²) in [6.45, 7) is 8.87. The Balaban J connectivity index is 1.31. The van der Waals surface area contributed by atoms with E-state index in [4.69, 9.17) is 38.0 Å². The fraction of sp³-hybridized carbons (Fsp3) is 0.429. The molecule has 2 N–H and O–H groups in total. The van der Waals surface area contributed by atoms with Gasteiger partial charge < -0.3 is 20.3 Å². The Bertz CT molecular complexity index is 1410. The van der Waals surface area contributed by atoms with Crippen LogP contribution in [0.25, 0.3) is 16.8 Å². The Morgan fingerprint density at radius 2 is 1.77 bits per heavy atom. The summed E-state index contributed by atoms with van der Waals surface area (Å²) in [5, 5.41) is 13.2. The molecule has 1 atom stereocenters. The predicted molar refractivity (Wildman–Crippen MR) is 157 cm³/mol. The molecule has 3 aromatic heterocycles. The zero-order valence-corrected chi connectivity index (χ0v) is 24.2. The summed E-state index contributed by atoms with van der Waals surface area (Å²) in [4.78, 5) is 15.9. The molecule has 0 aliphatic carbocycles. The van der Waals surface area contributed by atoms with E-state index in [0.29, 0.717) is 27.4 Å². The summed E-state index contributed by atoms with van der Waals surface area (Å²) in [5.41, 5.74) is 4.02. The van der Waals surface area contributed by atoms with Crippen LogP contribution in [0.15, 0.2) is 36.7 Å². The van der Waals surface area contributed by atoms with E-state index in [1.165, 1.54) is 0 Å². The lowest BCUT2D eigenvalue weighted by atomic mass is 10.0. The Hall–Kier alpha value is -3.14. The Kier molecular flexibility index (Phi) is 8.40. The maximum atomic E-state index is 6.67. The highest BCUT2D eigenvalue weighted by molar-refractivity contribution is 6.39. The molecule has 1 aliphatic rings. The standard InChI is InChI=1S/C28H34Cl2N8O/c1-5-19-13-24(33-16-17(2)34-20-7-11-37(12-8-20)28-31-9-6-10-32-28)38-27(35-19)25(18(3)36-38)26-22(29)14-21(39-4)15-23(26)30/h6,9-10,13-15,17,20,33-34H,5,7-8,11-12,16H2,1-4H3. The van der Waals surface area contributed by atoms with Crippen LogP contribution in [0.4, 0.5) is 11.8 Å². The fourth-order valence-electron chi connectivity index (χ4n) is 5.10. The van der Waals surface area contributed by atoms with E-state index in [9.17, 15) is 0 Å². The number of anilines is 2. The van der Waals surface area contributed by atoms with Gasteiger partial charge in [0.25, 0.3) is 0 Å². The summed E-state index contributed by atoms with van der Waals surface area (Å²) in [7, 11) is 1.59. The Morgan fingerprint density at radius 1 is 1.08 bits per heavy atom. The first-order valence-corrected chi connectivity index (χ1v) is 14.1. The van der Waals surface area contributed by atoms with E-state index < -0.39 is 0 Å². The van der Waals surface area contributed by atoms with Gasteiger partial charge in [-0.25, -0.2) is 15.0 Å². The van der Waals surface area contributed by atoms with Gasteiger partial charge >= 0.3 is 0 Å². The minimum Gasteiger partial charge on any atom is -0.497 e. The molecule has 0 bridgehead atoms. The number of fused-ring (bicyclic) bond motifs is 1. The number of aryl methyl sites for hydroxylation is 2. The van der Waals surface area contributed by atoms with Crippen LogP contribution >= 0.6 is 23.2 Å². The van der Waals surface area contributed by atoms with Gasteiger partial charge in [-0.3, -0.25) is 0 Å². The van der Waals surface area contributed by atoms with Crippen LogP contribution in [-0.2, 0) is 6.42 Å². The van der Waals surface area contributed by atoms with Crippen molar-refractivity contribution < 1.29 is 4.74 Å². The first-order valence-electron chi connectivity index (χ1n) is 13.3. The highest BCUT2D eigenvalue weighted by Crippen LogP contribution is 2.41. The molecule has 1 saturated heterocycles. The van der Waals surface area contributed by atoms with Gasteiger partial charge in [-0.05, 0) is 51.3 Å². The van der Waals surface area contributed by atoms with Gasteiger partial charge in [0, 0.05) is 61.4 Å². The molecule has 0 radical (unpaired) electrons. The second-order valence-electron chi connectivity index (χ2n) is 9.91. The van der Waals surface area contributed by atoms with Crippen LogP contribution < -0.4 is 20.3 Å². The SMILES string of the molecule is CCc1cc(NCC(C)NC2CCN(c3ncccn3)CC2)n2nc(C)c(-c3c(Cl)cc(OC)cc3Cl)c2n1. The molecule has 0 spiro atoms. The first-order chi connectivity index (χ1) is 18.9. The fourth-order valence-corrected chi connectivity index (χ4v) is 5.76. The second-order valence-corrected chi connectivity index (χ2v) is 10.7. The van der Waals surface area contributed by atoms with Gasteiger partial charge in [-0.1, -0.05) is 30.1 Å². The molecule has 206 valence electrons. The van der Waals surface area contributed by atoms with Gasteiger partial charge in [-0.15, -0.1) is 0 Å². The van der Waals surface area contributed by atoms with Crippen molar-refractivity contribution in [1.82, 2.24) is 29.9 Å². The van der Waals surface area contributed by atoms with Crippen LogP contribution in [0.3, 0.4) is 0 Å². The van der Waals surface area contributed by atoms with E-state index in [1.807, 2.05) is 17.5 Å². The van der Waals surface area contributed by atoms with E-state index >= 15 is 0 Å². The van der Waals surface area contributed by atoms with E-state index in [0.717, 1.165) is 73.3 Å². The molecular weight excluding hydrogens is 535 g/mol. The zero-order valence-electron chi connectivity index (χ0n) is 22.7. The minimum absolute atomic E-state index is 0.254. The first kappa shape index (κ1) is 27.4. The van der Waals surface area contributed by atoms with Crippen molar-refractivity contribution in [3.63, 3.8) is 0 Å². The molecule has 0 amide bonds. The van der Waals surface area contributed by atoms with Gasteiger partial charge in [0.05, 0.1) is 28.4 Å². The van der Waals surface area contributed by atoms with Crippen molar-refractivity contribution in [3.8, 4) is 16.9 Å². The molecule has 4 heterocycles. The normalized spacial score (nSPS) is 15.1. The van der Waals surface area contributed by atoms with Gasteiger partial charge in [0.2, 0.25) is 5.95 Å². The number of hydrogen-bond acceptors (Lipinski definition) is 8. The average molecular weight is 570 g/mol. The molecule has 4 aromatic rings. The van der Waals surface area contributed by atoms with Crippen molar-refractivity contribution in [3.05, 3.63) is 58.1 Å². The maximum absolute atomic E-state index is 6.67. The number of piperidine rings is 1. The molecule has 0 saturated carbocycles. The number of nitrogens with zero attached hydrogens (tertiary/aromatic N) is 6. The summed E-state index contributed by atoms with van der Waals surface area (Å²) >= 11 is 13.3. The summed E-state index contributed by atoms with van der Waals surface area (Å²) in [6.07, 6.45) is 6.48. The van der Waals surface area contributed by atoms with Gasteiger partial charge in [0.1, 0.15) is 11.6 Å². The average Bonchev–Trinajstić information content (AvgIpc) is 3.27. The third kappa shape index (κ3) is 5.90. The molecule has 11 heteroatoms. The van der Waals surface area contributed by atoms with E-state index in [-0.39, 0.29) is 6.04 Å². The quantitative estimate of drug-likeness (QED) is 0.276. The van der Waals surface area contributed by atoms with Gasteiger partial charge in [-0.2, -0.15) is 9.61 Å². The van der Waals surface area contributed by atoms with E-state index in [1.54, 1.807) is 31.6 Å². The summed E-state index contributed by atoms with van der Waals surface area (Å²) in [5.74, 6) is 2.30. The van der Waals surface area contributed by atoms with Crippen molar-refractivity contribution >= 4 is 40.6 Å². The van der Waals surface area contributed by atoms with Crippen LogP contribution in [0.5, 0.6) is 5.75 Å². The lowest BCUT2D eigenvalue weighted by Crippen LogP contribution is -2.47. The van der Waals surface area contributed by atoms with Crippen LogP contribution in [0, 0.1) is 6.92 Å². The molecule has 1 aliphatic heterocycles. The summed E-state index contributed by atoms with van der Waals surface area (Å²) < 4.78 is 7.18. The summed E-state index contributed by atoms with van der Waals surface area (Å²) in [6, 6.07) is 8.14. The van der Waals surface area contributed by atoms with Crippen LogP contribution in [0.1, 0.15) is 38.1 Å². The number of nitrogens with one attached hydrogen (secondary N) is 2. The lowest BCUT2D eigenvalue weighted by molar-refractivity contribution is 0.380. The molecule has 39 heavy (non-hydrogen) atoms. The van der Waals surface area contributed by atoms with Crippen molar-refractivity contribution in [2.24, 2.45) is 0 Å². The number of hydrogen-bond donors (Lipinski definition) is 2. The topological polar surface area (TPSA) is 92.5 Å². The second kappa shape index (κ2) is 11.9. The lowest BCUT2D eigenvalue weighted by Gasteiger charge is -2.34. The maximum Gasteiger partial charge on any atom is 0.225 e.